The summed E-state index contributed by atoms with van der Waals surface area (Å²) in [5.41, 5.74) is 1.16. The molecule has 28 heavy (non-hydrogen) atoms. The van der Waals surface area contributed by atoms with Crippen molar-refractivity contribution in [1.82, 2.24) is 20.0 Å². The molecule has 0 saturated carbocycles. The average molecular weight is 564 g/mol. The Morgan fingerprint density at radius 1 is 1.21 bits per heavy atom. The highest BCUT2D eigenvalue weighted by atomic mass is 127. The van der Waals surface area contributed by atoms with E-state index in [0.29, 0.717) is 12.6 Å². The van der Waals surface area contributed by atoms with Gasteiger partial charge >= 0.3 is 0 Å². The van der Waals surface area contributed by atoms with Crippen LogP contribution in [-0.4, -0.2) is 79.4 Å². The number of hydrogen-bond acceptors (Lipinski definition) is 3. The fourth-order valence-corrected chi connectivity index (χ4v) is 3.94. The first-order valence-corrected chi connectivity index (χ1v) is 10.5. The van der Waals surface area contributed by atoms with Crippen LogP contribution in [-0.2, 0) is 11.3 Å². The van der Waals surface area contributed by atoms with E-state index in [1.807, 2.05) is 12.1 Å². The summed E-state index contributed by atoms with van der Waals surface area (Å²) in [7, 11) is 3.56. The zero-order valence-corrected chi connectivity index (χ0v) is 20.7. The van der Waals surface area contributed by atoms with Crippen LogP contribution in [0, 0.1) is 0 Å². The van der Waals surface area contributed by atoms with Gasteiger partial charge in [-0.05, 0) is 50.0 Å². The number of hydrogen-bond donors (Lipinski definition) is 1. The van der Waals surface area contributed by atoms with Crippen LogP contribution in [0.5, 0.6) is 0 Å². The van der Waals surface area contributed by atoms with Crippen molar-refractivity contribution in [1.29, 1.82) is 0 Å². The summed E-state index contributed by atoms with van der Waals surface area (Å²) in [6.07, 6.45) is 3.80. The molecule has 1 atom stereocenters. The van der Waals surface area contributed by atoms with Crippen LogP contribution in [0.1, 0.15) is 24.8 Å². The monoisotopic (exact) mass is 563 g/mol. The smallest absolute Gasteiger partial charge is 0.241 e. The Labute approximate surface area is 193 Å². The van der Waals surface area contributed by atoms with Gasteiger partial charge in [0.1, 0.15) is 0 Å². The highest BCUT2D eigenvalue weighted by Gasteiger charge is 2.30. The zero-order valence-electron chi connectivity index (χ0n) is 16.7. The number of rotatable bonds is 5. The molecular weight excluding hydrogens is 533 g/mol. The molecule has 0 aromatic heterocycles. The van der Waals surface area contributed by atoms with Gasteiger partial charge in [0.15, 0.2) is 5.96 Å². The minimum atomic E-state index is 0. The van der Waals surface area contributed by atoms with E-state index in [-0.39, 0.29) is 36.4 Å². The minimum absolute atomic E-state index is 0. The first kappa shape index (κ1) is 23.4. The molecular formula is C20H31BrIN5O. The lowest BCUT2D eigenvalue weighted by Gasteiger charge is -2.26. The molecule has 2 aliphatic rings. The van der Waals surface area contributed by atoms with Crippen LogP contribution in [0.25, 0.3) is 0 Å². The van der Waals surface area contributed by atoms with E-state index in [0.717, 1.165) is 29.1 Å². The van der Waals surface area contributed by atoms with Crippen molar-refractivity contribution in [2.45, 2.75) is 31.8 Å². The Kier molecular flexibility index (Phi) is 9.49. The molecule has 3 rings (SSSR count). The Morgan fingerprint density at radius 3 is 2.54 bits per heavy atom. The zero-order chi connectivity index (χ0) is 19.2. The maximum Gasteiger partial charge on any atom is 0.241 e. The topological polar surface area (TPSA) is 51.2 Å². The number of likely N-dealkylation sites (tertiary alicyclic amines) is 2. The molecule has 1 N–H and O–H groups in total. The Hall–Kier alpha value is -0.870. The van der Waals surface area contributed by atoms with Crippen LogP contribution < -0.4 is 5.32 Å². The number of carbonyl (C=O) groups is 1. The molecule has 1 unspecified atom stereocenters. The maximum absolute atomic E-state index is 12.0. The summed E-state index contributed by atoms with van der Waals surface area (Å²) in [5, 5.41) is 3.29. The van der Waals surface area contributed by atoms with E-state index in [2.05, 4.69) is 43.2 Å². The van der Waals surface area contributed by atoms with Gasteiger partial charge in [0, 0.05) is 37.7 Å². The van der Waals surface area contributed by atoms with Crippen molar-refractivity contribution in [2.75, 3.05) is 46.8 Å². The molecule has 1 amide bonds. The Bertz CT molecular complexity index is 661. The molecule has 1 aromatic rings. The first-order chi connectivity index (χ1) is 13.0. The quantitative estimate of drug-likeness (QED) is 0.340. The molecule has 2 fully saturated rings. The van der Waals surface area contributed by atoms with Crippen LogP contribution in [0.3, 0.4) is 0 Å². The highest BCUT2D eigenvalue weighted by Crippen LogP contribution is 2.20. The summed E-state index contributed by atoms with van der Waals surface area (Å²) < 4.78 is 1.07. The average Bonchev–Trinajstić information content (AvgIpc) is 3.34. The number of carbonyl (C=O) groups excluding carboxylic acids is 1. The van der Waals surface area contributed by atoms with Gasteiger partial charge in [-0.15, -0.1) is 24.0 Å². The van der Waals surface area contributed by atoms with Gasteiger partial charge < -0.3 is 15.1 Å². The third-order valence-electron chi connectivity index (χ3n) is 5.34. The minimum Gasteiger partial charge on any atom is -0.347 e. The number of benzene rings is 1. The van der Waals surface area contributed by atoms with Crippen LogP contribution in [0.2, 0.25) is 0 Å². The second-order valence-corrected chi connectivity index (χ2v) is 8.46. The number of aliphatic imine (C=N–C) groups is 1. The van der Waals surface area contributed by atoms with E-state index in [9.17, 15) is 4.79 Å². The second-order valence-electron chi connectivity index (χ2n) is 7.54. The molecule has 2 saturated heterocycles. The predicted molar refractivity (Wildman–Crippen MR) is 128 cm³/mol. The summed E-state index contributed by atoms with van der Waals surface area (Å²) in [6, 6.07) is 8.83. The molecule has 2 heterocycles. The molecule has 0 bridgehead atoms. The fourth-order valence-electron chi connectivity index (χ4n) is 3.68. The third-order valence-corrected chi connectivity index (χ3v) is 5.87. The normalized spacial score (nSPS) is 20.2. The van der Waals surface area contributed by atoms with E-state index < -0.39 is 0 Å². The largest absolute Gasteiger partial charge is 0.347 e. The van der Waals surface area contributed by atoms with Gasteiger partial charge in [0.25, 0.3) is 0 Å². The standard InChI is InChI=1S/C20H30BrN5O.HI/c1-24(2)19(27)14-23-20(22-13-16-5-7-17(21)8-6-16)26-12-9-18(15-26)25-10-3-4-11-25;/h5-8,18H,3-4,9-15H2,1-2H3,(H,22,23);1H. The molecule has 0 spiro atoms. The van der Waals surface area contributed by atoms with E-state index in [1.54, 1.807) is 19.0 Å². The highest BCUT2D eigenvalue weighted by molar-refractivity contribution is 14.0. The number of nitrogens with zero attached hydrogens (tertiary/aromatic N) is 4. The molecule has 0 aliphatic carbocycles. The summed E-state index contributed by atoms with van der Waals surface area (Å²) in [5.74, 6) is 0.899. The SMILES string of the molecule is CN(C)C(=O)CNC(=NCc1ccc(Br)cc1)N1CCC(N2CCCC2)C1.I. The van der Waals surface area contributed by atoms with Crippen molar-refractivity contribution in [2.24, 2.45) is 4.99 Å². The van der Waals surface area contributed by atoms with Crippen LogP contribution in [0.4, 0.5) is 0 Å². The summed E-state index contributed by atoms with van der Waals surface area (Å²) in [4.78, 5) is 23.4. The molecule has 2 aliphatic heterocycles. The number of nitrogens with one attached hydrogen (secondary N) is 1. The van der Waals surface area contributed by atoms with E-state index >= 15 is 0 Å². The van der Waals surface area contributed by atoms with Crippen molar-refractivity contribution in [3.8, 4) is 0 Å². The Balaban J connectivity index is 0.00000280. The second kappa shape index (κ2) is 11.3. The van der Waals surface area contributed by atoms with E-state index in [1.165, 1.54) is 32.4 Å². The lowest BCUT2D eigenvalue weighted by molar-refractivity contribution is -0.127. The Morgan fingerprint density at radius 2 is 1.89 bits per heavy atom. The van der Waals surface area contributed by atoms with Gasteiger partial charge in [-0.25, -0.2) is 4.99 Å². The molecule has 6 nitrogen and oxygen atoms in total. The number of likely N-dealkylation sites (N-methyl/N-ethyl adjacent to an activating group) is 1. The van der Waals surface area contributed by atoms with Crippen LogP contribution in [0.15, 0.2) is 33.7 Å². The van der Waals surface area contributed by atoms with Crippen molar-refractivity contribution < 1.29 is 4.79 Å². The van der Waals surface area contributed by atoms with Crippen molar-refractivity contribution >= 4 is 51.8 Å². The predicted octanol–water partition coefficient (Wildman–Crippen LogP) is 2.77. The lowest BCUT2D eigenvalue weighted by atomic mass is 10.2. The van der Waals surface area contributed by atoms with Gasteiger partial charge in [0.2, 0.25) is 5.91 Å². The lowest BCUT2D eigenvalue weighted by Crippen LogP contribution is -2.45. The summed E-state index contributed by atoms with van der Waals surface area (Å²) in [6.45, 7) is 5.30. The van der Waals surface area contributed by atoms with Gasteiger partial charge in [-0.1, -0.05) is 28.1 Å². The molecule has 8 heteroatoms. The van der Waals surface area contributed by atoms with Gasteiger partial charge in [-0.3, -0.25) is 9.69 Å². The fraction of sp³-hybridized carbons (Fsp3) is 0.600. The summed E-state index contributed by atoms with van der Waals surface area (Å²) >= 11 is 3.47. The maximum atomic E-state index is 12.0. The third kappa shape index (κ3) is 6.59. The number of amides is 1. The van der Waals surface area contributed by atoms with Crippen molar-refractivity contribution in [3.05, 3.63) is 34.3 Å². The van der Waals surface area contributed by atoms with E-state index in [4.69, 9.17) is 4.99 Å². The number of guanidine groups is 1. The molecule has 1 aromatic carbocycles. The molecule has 156 valence electrons. The van der Waals surface area contributed by atoms with Crippen LogP contribution >= 0.6 is 39.9 Å². The van der Waals surface area contributed by atoms with Gasteiger partial charge in [0.05, 0.1) is 13.1 Å². The first-order valence-electron chi connectivity index (χ1n) is 9.75. The molecule has 0 radical (unpaired) electrons. The van der Waals surface area contributed by atoms with Crippen molar-refractivity contribution in [3.63, 3.8) is 0 Å². The van der Waals surface area contributed by atoms with Gasteiger partial charge in [-0.2, -0.15) is 0 Å². The number of halogens is 2.